The highest BCUT2D eigenvalue weighted by Crippen LogP contribution is 2.33. The van der Waals surface area contributed by atoms with E-state index in [2.05, 4.69) is 12.2 Å². The summed E-state index contributed by atoms with van der Waals surface area (Å²) in [5, 5.41) is 3.24. The second-order valence-electron chi connectivity index (χ2n) is 6.28. The first-order chi connectivity index (χ1) is 9.48. The predicted molar refractivity (Wildman–Crippen MR) is 82.8 cm³/mol. The van der Waals surface area contributed by atoms with Gasteiger partial charge in [-0.3, -0.25) is 4.79 Å². The number of nitrogens with two attached hydrogens (primary N) is 1. The van der Waals surface area contributed by atoms with Gasteiger partial charge in [-0.05, 0) is 44.2 Å². The molecule has 1 aromatic carbocycles. The van der Waals surface area contributed by atoms with Crippen LogP contribution < -0.4 is 11.1 Å². The molecule has 0 bridgehead atoms. The molecule has 1 fully saturated rings. The van der Waals surface area contributed by atoms with E-state index in [1.54, 1.807) is 0 Å². The number of hydrogen-bond acceptors (Lipinski definition) is 2. The number of nitrogens with one attached hydrogen (secondary N) is 1. The number of carbonyl (C=O) groups excluding carboxylic acids is 1. The van der Waals surface area contributed by atoms with Gasteiger partial charge in [-0.25, -0.2) is 0 Å². The summed E-state index contributed by atoms with van der Waals surface area (Å²) in [4.78, 5) is 12.6. The maximum Gasteiger partial charge on any atom is 0.252 e. The molecule has 1 aliphatic carbocycles. The van der Waals surface area contributed by atoms with Crippen molar-refractivity contribution in [3.63, 3.8) is 0 Å². The topological polar surface area (TPSA) is 55.1 Å². The van der Waals surface area contributed by atoms with Crippen LogP contribution in [0.4, 0.5) is 0 Å². The Kier molecular flexibility index (Phi) is 4.48. The molecule has 0 saturated heterocycles. The molecule has 20 heavy (non-hydrogen) atoms. The fraction of sp³-hybridized carbons (Fsp3) is 0.588. The van der Waals surface area contributed by atoms with Crippen molar-refractivity contribution < 1.29 is 4.79 Å². The normalized spacial score (nSPS) is 26.3. The minimum Gasteiger partial charge on any atom is -0.345 e. The quantitative estimate of drug-likeness (QED) is 0.890. The summed E-state index contributed by atoms with van der Waals surface area (Å²) < 4.78 is 0. The fourth-order valence-electron chi connectivity index (χ4n) is 3.32. The number of rotatable bonds is 3. The third kappa shape index (κ3) is 2.88. The van der Waals surface area contributed by atoms with Crippen LogP contribution in [0.5, 0.6) is 0 Å². The summed E-state index contributed by atoms with van der Waals surface area (Å²) in [6, 6.07) is 5.95. The zero-order valence-corrected chi connectivity index (χ0v) is 12.8. The van der Waals surface area contributed by atoms with Gasteiger partial charge in [0.15, 0.2) is 0 Å². The summed E-state index contributed by atoms with van der Waals surface area (Å²) in [7, 11) is 0. The molecule has 2 rings (SSSR count). The Morgan fingerprint density at radius 2 is 2.15 bits per heavy atom. The third-order valence-corrected chi connectivity index (χ3v) is 4.81. The number of hydrogen-bond donors (Lipinski definition) is 2. The van der Waals surface area contributed by atoms with E-state index in [-0.39, 0.29) is 11.4 Å². The van der Waals surface area contributed by atoms with Gasteiger partial charge in [0.05, 0.1) is 5.54 Å². The summed E-state index contributed by atoms with van der Waals surface area (Å²) >= 11 is 0. The van der Waals surface area contributed by atoms with Crippen LogP contribution in [0.2, 0.25) is 0 Å². The van der Waals surface area contributed by atoms with E-state index in [1.807, 2.05) is 32.0 Å². The highest BCUT2D eigenvalue weighted by Gasteiger charge is 2.38. The Bertz CT molecular complexity index is 498. The molecule has 1 aliphatic rings. The van der Waals surface area contributed by atoms with Crippen molar-refractivity contribution in [1.82, 2.24) is 5.32 Å². The highest BCUT2D eigenvalue weighted by atomic mass is 16.1. The fourth-order valence-corrected chi connectivity index (χ4v) is 3.32. The van der Waals surface area contributed by atoms with Crippen LogP contribution in [0.1, 0.15) is 54.1 Å². The molecule has 2 atom stereocenters. The van der Waals surface area contributed by atoms with E-state index in [9.17, 15) is 4.79 Å². The Hall–Kier alpha value is -1.35. The maximum absolute atomic E-state index is 12.6. The van der Waals surface area contributed by atoms with Gasteiger partial charge >= 0.3 is 0 Å². The highest BCUT2D eigenvalue weighted by molar-refractivity contribution is 5.96. The molecule has 1 saturated carbocycles. The summed E-state index contributed by atoms with van der Waals surface area (Å²) in [5.41, 5.74) is 8.74. The third-order valence-electron chi connectivity index (χ3n) is 4.81. The first-order valence-electron chi connectivity index (χ1n) is 7.58. The van der Waals surface area contributed by atoms with Gasteiger partial charge in [0.1, 0.15) is 0 Å². The Labute approximate surface area is 121 Å². The Balaban J connectivity index is 2.20. The van der Waals surface area contributed by atoms with Gasteiger partial charge < -0.3 is 11.1 Å². The van der Waals surface area contributed by atoms with E-state index in [0.717, 1.165) is 30.4 Å². The lowest BCUT2D eigenvalue weighted by Crippen LogP contribution is -2.59. The van der Waals surface area contributed by atoms with Crippen molar-refractivity contribution in [3.8, 4) is 0 Å². The molecule has 3 N–H and O–H groups in total. The van der Waals surface area contributed by atoms with Crippen molar-refractivity contribution >= 4 is 5.91 Å². The molecule has 3 nitrogen and oxygen atoms in total. The molecule has 0 aliphatic heterocycles. The van der Waals surface area contributed by atoms with Crippen LogP contribution >= 0.6 is 0 Å². The molecular formula is C17H26N2O. The Morgan fingerprint density at radius 1 is 1.40 bits per heavy atom. The second kappa shape index (κ2) is 5.96. The zero-order valence-electron chi connectivity index (χ0n) is 12.8. The van der Waals surface area contributed by atoms with Gasteiger partial charge in [0.2, 0.25) is 0 Å². The zero-order chi connectivity index (χ0) is 14.8. The van der Waals surface area contributed by atoms with E-state index in [1.165, 1.54) is 12.0 Å². The summed E-state index contributed by atoms with van der Waals surface area (Å²) in [5.74, 6) is 0.456. The van der Waals surface area contributed by atoms with Gasteiger partial charge in [-0.1, -0.05) is 37.5 Å². The van der Waals surface area contributed by atoms with Crippen molar-refractivity contribution in [2.24, 2.45) is 11.7 Å². The number of aryl methyl sites for hydroxylation is 2. The van der Waals surface area contributed by atoms with Crippen molar-refractivity contribution in [2.75, 3.05) is 6.54 Å². The lowest BCUT2D eigenvalue weighted by molar-refractivity contribution is 0.0812. The summed E-state index contributed by atoms with van der Waals surface area (Å²) in [6.45, 7) is 6.75. The molecule has 0 radical (unpaired) electrons. The van der Waals surface area contributed by atoms with E-state index in [0.29, 0.717) is 12.5 Å². The Morgan fingerprint density at radius 3 is 2.75 bits per heavy atom. The number of carbonyl (C=O) groups is 1. The molecule has 3 heteroatoms. The molecule has 1 aromatic rings. The van der Waals surface area contributed by atoms with Gasteiger partial charge in [-0.15, -0.1) is 0 Å². The summed E-state index contributed by atoms with van der Waals surface area (Å²) in [6.07, 6.45) is 4.52. The largest absolute Gasteiger partial charge is 0.345 e. The predicted octanol–water partition coefficient (Wildman–Crippen LogP) is 2.94. The average molecular weight is 274 g/mol. The van der Waals surface area contributed by atoms with Crippen molar-refractivity contribution in [3.05, 3.63) is 34.9 Å². The first-order valence-corrected chi connectivity index (χ1v) is 7.58. The molecule has 2 unspecified atom stereocenters. The SMILES string of the molecule is Cc1ccc(C(=O)NC2(CN)CCCCC2C)c(C)c1. The maximum atomic E-state index is 12.6. The van der Waals surface area contributed by atoms with Gasteiger partial charge in [0.25, 0.3) is 5.91 Å². The van der Waals surface area contributed by atoms with E-state index < -0.39 is 0 Å². The van der Waals surface area contributed by atoms with Crippen LogP contribution in [-0.4, -0.2) is 18.0 Å². The molecule has 1 amide bonds. The molecule has 110 valence electrons. The van der Waals surface area contributed by atoms with Crippen LogP contribution in [0, 0.1) is 19.8 Å². The van der Waals surface area contributed by atoms with Crippen LogP contribution in [0.15, 0.2) is 18.2 Å². The second-order valence-corrected chi connectivity index (χ2v) is 6.28. The van der Waals surface area contributed by atoms with E-state index in [4.69, 9.17) is 5.73 Å². The van der Waals surface area contributed by atoms with Crippen molar-refractivity contribution in [2.45, 2.75) is 52.0 Å². The lowest BCUT2D eigenvalue weighted by Gasteiger charge is -2.42. The first kappa shape index (κ1) is 15.0. The van der Waals surface area contributed by atoms with Crippen molar-refractivity contribution in [1.29, 1.82) is 0 Å². The van der Waals surface area contributed by atoms with Gasteiger partial charge in [0, 0.05) is 12.1 Å². The molecule has 0 aromatic heterocycles. The van der Waals surface area contributed by atoms with Crippen LogP contribution in [0.25, 0.3) is 0 Å². The standard InChI is InChI=1S/C17H26N2O/c1-12-7-8-15(13(2)10-12)16(20)19-17(11-18)9-5-4-6-14(17)3/h7-8,10,14H,4-6,9,11,18H2,1-3H3,(H,19,20). The molecule has 0 heterocycles. The van der Waals surface area contributed by atoms with Crippen LogP contribution in [-0.2, 0) is 0 Å². The molecular weight excluding hydrogens is 248 g/mol. The number of benzene rings is 1. The monoisotopic (exact) mass is 274 g/mol. The van der Waals surface area contributed by atoms with Crippen LogP contribution in [0.3, 0.4) is 0 Å². The molecule has 0 spiro atoms. The smallest absolute Gasteiger partial charge is 0.252 e. The van der Waals surface area contributed by atoms with E-state index >= 15 is 0 Å². The number of amides is 1. The minimum atomic E-state index is -0.230. The minimum absolute atomic E-state index is 0.0155. The van der Waals surface area contributed by atoms with Gasteiger partial charge in [-0.2, -0.15) is 0 Å². The lowest BCUT2D eigenvalue weighted by atomic mass is 9.73. The average Bonchev–Trinajstić information content (AvgIpc) is 2.41.